The second-order valence-corrected chi connectivity index (χ2v) is 8.50. The van der Waals surface area contributed by atoms with Gasteiger partial charge in [-0.15, -0.1) is 0 Å². The van der Waals surface area contributed by atoms with Crippen molar-refractivity contribution in [1.82, 2.24) is 4.57 Å². The summed E-state index contributed by atoms with van der Waals surface area (Å²) < 4.78 is 7.88. The smallest absolute Gasteiger partial charge is 0.143 e. The number of phenolic OH excluding ortho intramolecular Hbond substituents is 1. The molecule has 1 N–H and O–H groups in total. The van der Waals surface area contributed by atoms with Crippen molar-refractivity contribution in [3.8, 4) is 11.5 Å². The lowest BCUT2D eigenvalue weighted by Crippen LogP contribution is -2.25. The third-order valence-electron chi connectivity index (χ3n) is 5.75. The highest BCUT2D eigenvalue weighted by molar-refractivity contribution is 7.80. The Balaban J connectivity index is 1.82. The number of ether oxygens (including phenoxy) is 1. The zero-order valence-electron chi connectivity index (χ0n) is 17.8. The molecule has 0 spiro atoms. The van der Waals surface area contributed by atoms with E-state index < -0.39 is 0 Å². The largest absolute Gasteiger partial charge is 0.508 e. The molecule has 1 saturated carbocycles. The highest BCUT2D eigenvalue weighted by Crippen LogP contribution is 2.45. The first-order valence-electron chi connectivity index (χ1n) is 10.4. The summed E-state index contributed by atoms with van der Waals surface area (Å²) in [6.07, 6.45) is 5.40. The van der Waals surface area contributed by atoms with Crippen molar-refractivity contribution in [2.24, 2.45) is 0 Å². The van der Waals surface area contributed by atoms with Crippen LogP contribution in [0.1, 0.15) is 50.2 Å². The van der Waals surface area contributed by atoms with Gasteiger partial charge in [0.1, 0.15) is 11.5 Å². The molecule has 0 amide bonds. The predicted molar refractivity (Wildman–Crippen MR) is 129 cm³/mol. The number of rotatable bonds is 7. The van der Waals surface area contributed by atoms with Gasteiger partial charge in [0, 0.05) is 23.8 Å². The van der Waals surface area contributed by atoms with Crippen LogP contribution in [0.15, 0.2) is 49.2 Å². The summed E-state index contributed by atoms with van der Waals surface area (Å²) in [5, 5.41) is 11.3. The van der Waals surface area contributed by atoms with Crippen LogP contribution in [-0.2, 0) is 6.54 Å². The molecule has 1 fully saturated rings. The van der Waals surface area contributed by atoms with E-state index in [0.717, 1.165) is 70.0 Å². The lowest BCUT2D eigenvalue weighted by atomic mass is 10.0. The lowest BCUT2D eigenvalue weighted by molar-refractivity contribution is 0.417. The number of fused-ring (bicyclic) bond motifs is 1. The molecule has 1 aliphatic carbocycles. The lowest BCUT2D eigenvalue weighted by Gasteiger charge is -2.27. The fraction of sp³-hybridized carbons (Fsp3) is 0.320. The number of benzene rings is 2. The second-order valence-electron chi connectivity index (χ2n) is 7.91. The van der Waals surface area contributed by atoms with Crippen LogP contribution in [0.5, 0.6) is 11.5 Å². The van der Waals surface area contributed by atoms with Gasteiger partial charge in [-0.2, -0.15) is 0 Å². The number of phenols is 1. The van der Waals surface area contributed by atoms with Crippen molar-refractivity contribution in [2.45, 2.75) is 45.6 Å². The van der Waals surface area contributed by atoms with Gasteiger partial charge in [0.25, 0.3) is 0 Å². The summed E-state index contributed by atoms with van der Waals surface area (Å²) >= 11 is 5.66. The molecule has 5 heteroatoms. The average Bonchev–Trinajstić information content (AvgIpc) is 3.49. The molecular weight excluding hydrogens is 392 g/mol. The third-order valence-corrected chi connectivity index (χ3v) is 5.94. The summed E-state index contributed by atoms with van der Waals surface area (Å²) in [6, 6.07) is 11.9. The van der Waals surface area contributed by atoms with Crippen molar-refractivity contribution in [2.75, 3.05) is 12.0 Å². The molecule has 0 unspecified atom stereocenters. The Kier molecular flexibility index (Phi) is 5.56. The molecule has 4 rings (SSSR count). The van der Waals surface area contributed by atoms with Crippen LogP contribution < -0.4 is 9.64 Å². The molecule has 1 heterocycles. The summed E-state index contributed by atoms with van der Waals surface area (Å²) in [5.74, 6) is 1.67. The Morgan fingerprint density at radius 2 is 2.03 bits per heavy atom. The van der Waals surface area contributed by atoms with E-state index in [1.54, 1.807) is 13.2 Å². The molecular formula is C25H28N2O2S. The molecule has 0 radical (unpaired) electrons. The highest BCUT2D eigenvalue weighted by atomic mass is 32.1. The van der Waals surface area contributed by atoms with E-state index in [1.807, 2.05) is 30.0 Å². The summed E-state index contributed by atoms with van der Waals surface area (Å²) in [6.45, 7) is 9.39. The Bertz CT molecular complexity index is 1130. The number of aromatic hydroxyl groups is 1. The monoisotopic (exact) mass is 420 g/mol. The molecule has 4 nitrogen and oxygen atoms in total. The zero-order chi connectivity index (χ0) is 21.4. The molecule has 156 valence electrons. The zero-order valence-corrected chi connectivity index (χ0v) is 18.6. The van der Waals surface area contributed by atoms with E-state index >= 15 is 0 Å². The fourth-order valence-corrected chi connectivity index (χ4v) is 4.36. The van der Waals surface area contributed by atoms with Gasteiger partial charge in [0.05, 0.1) is 23.3 Å². The molecule has 30 heavy (non-hydrogen) atoms. The minimum absolute atomic E-state index is 0.364. The molecule has 0 bridgehead atoms. The number of hydrogen-bond acceptors (Lipinski definition) is 3. The summed E-state index contributed by atoms with van der Waals surface area (Å²) in [5.41, 5.74) is 4.83. The van der Waals surface area contributed by atoms with Crippen molar-refractivity contribution in [1.29, 1.82) is 0 Å². The first-order chi connectivity index (χ1) is 14.5. The van der Waals surface area contributed by atoms with E-state index in [-0.39, 0.29) is 0 Å². The first-order valence-corrected chi connectivity index (χ1v) is 10.9. The average molecular weight is 421 g/mol. The number of hydrogen-bond donors (Lipinski definition) is 1. The van der Waals surface area contributed by atoms with E-state index in [9.17, 15) is 5.11 Å². The number of nitrogens with zero attached hydrogens (tertiary/aromatic N) is 2. The number of thiocarbonyl (C=S) groups is 1. The minimum Gasteiger partial charge on any atom is -0.508 e. The molecule has 1 aliphatic rings. The number of methoxy groups -OCH3 is 1. The molecule has 2 aromatic carbocycles. The van der Waals surface area contributed by atoms with Gasteiger partial charge in [-0.25, -0.2) is 0 Å². The highest BCUT2D eigenvalue weighted by Gasteiger charge is 2.27. The van der Waals surface area contributed by atoms with E-state index in [2.05, 4.69) is 36.4 Å². The quantitative estimate of drug-likeness (QED) is 0.445. The van der Waals surface area contributed by atoms with E-state index in [0.29, 0.717) is 11.7 Å². The second kappa shape index (κ2) is 8.15. The van der Waals surface area contributed by atoms with Crippen LogP contribution in [0.25, 0.3) is 16.6 Å². The van der Waals surface area contributed by atoms with Crippen LogP contribution >= 0.6 is 12.2 Å². The summed E-state index contributed by atoms with van der Waals surface area (Å²) in [4.78, 5) is 2.74. The number of anilines is 1. The number of aromatic nitrogens is 1. The maximum absolute atomic E-state index is 10.3. The third kappa shape index (κ3) is 3.58. The topological polar surface area (TPSA) is 37.6 Å². The maximum atomic E-state index is 10.3. The van der Waals surface area contributed by atoms with Gasteiger partial charge < -0.3 is 19.3 Å². The van der Waals surface area contributed by atoms with Crippen LogP contribution in [0.4, 0.5) is 5.69 Å². The van der Waals surface area contributed by atoms with Gasteiger partial charge in [0.15, 0.2) is 0 Å². The Morgan fingerprint density at radius 1 is 1.27 bits per heavy atom. The first kappa shape index (κ1) is 20.5. The van der Waals surface area contributed by atoms with Crippen molar-refractivity contribution in [3.63, 3.8) is 0 Å². The van der Waals surface area contributed by atoms with Gasteiger partial charge >= 0.3 is 0 Å². The van der Waals surface area contributed by atoms with Gasteiger partial charge in [-0.1, -0.05) is 25.7 Å². The van der Waals surface area contributed by atoms with Gasteiger partial charge in [0.2, 0.25) is 0 Å². The van der Waals surface area contributed by atoms with Gasteiger partial charge in [-0.05, 0) is 79.6 Å². The molecule has 0 saturated heterocycles. The number of aryl methyl sites for hydroxylation is 1. The van der Waals surface area contributed by atoms with Crippen molar-refractivity contribution < 1.29 is 9.84 Å². The van der Waals surface area contributed by atoms with Crippen LogP contribution in [0, 0.1) is 0 Å². The summed E-state index contributed by atoms with van der Waals surface area (Å²) in [7, 11) is 1.70. The van der Waals surface area contributed by atoms with E-state index in [4.69, 9.17) is 17.0 Å². The van der Waals surface area contributed by atoms with Crippen LogP contribution in [0.2, 0.25) is 0 Å². The maximum Gasteiger partial charge on any atom is 0.143 e. The van der Waals surface area contributed by atoms with Crippen LogP contribution in [0.3, 0.4) is 0 Å². The fourth-order valence-electron chi connectivity index (χ4n) is 4.15. The predicted octanol–water partition coefficient (Wildman–Crippen LogP) is 6.47. The Morgan fingerprint density at radius 3 is 2.67 bits per heavy atom. The van der Waals surface area contributed by atoms with E-state index in [1.165, 1.54) is 0 Å². The SMILES string of the molecule is C=C(c1ccc(O)c(C2CC2)c1)N(C(C)=S)c1ccc(OC)c2c1ccn2CCC. The van der Waals surface area contributed by atoms with Gasteiger partial charge in [-0.3, -0.25) is 0 Å². The Labute approximate surface area is 183 Å². The van der Waals surface area contributed by atoms with Crippen LogP contribution in [-0.4, -0.2) is 21.8 Å². The standard InChI is InChI=1S/C25H28N2O2S/c1-5-13-26-14-12-20-22(9-11-24(29-4)25(20)26)27(17(3)30)16(2)19-8-10-23(28)21(15-19)18-6-7-18/h8-12,14-15,18,28H,2,5-7,13H2,1,3-4H3. The molecule has 3 aromatic rings. The Hall–Kier alpha value is -2.79. The minimum atomic E-state index is 0.364. The normalized spacial score (nSPS) is 13.4. The molecule has 0 atom stereocenters. The van der Waals surface area contributed by atoms with Crippen molar-refractivity contribution >= 4 is 39.5 Å². The molecule has 0 aliphatic heterocycles. The van der Waals surface area contributed by atoms with Crippen molar-refractivity contribution in [3.05, 3.63) is 60.3 Å². The molecule has 1 aromatic heterocycles.